The van der Waals surface area contributed by atoms with Crippen LogP contribution in [0.25, 0.3) is 10.9 Å². The molecule has 0 fully saturated rings. The highest BCUT2D eigenvalue weighted by atomic mass is 15.0. The molecular weight excluding hydrogens is 244 g/mol. The van der Waals surface area contributed by atoms with E-state index in [1.807, 2.05) is 0 Å². The molecule has 0 radical (unpaired) electrons. The second kappa shape index (κ2) is 6.94. The smallest absolute Gasteiger partial charge is 0.0513 e. The van der Waals surface area contributed by atoms with Gasteiger partial charge in [-0.2, -0.15) is 0 Å². The summed E-state index contributed by atoms with van der Waals surface area (Å²) in [5, 5.41) is 1.34. The summed E-state index contributed by atoms with van der Waals surface area (Å²) in [6.45, 7) is 7.87. The predicted molar refractivity (Wildman–Crippen MR) is 88.0 cm³/mol. The minimum Gasteiger partial charge on any atom is -0.347 e. The average molecular weight is 272 g/mol. The van der Waals surface area contributed by atoms with Crippen LogP contribution in [0.15, 0.2) is 30.5 Å². The van der Waals surface area contributed by atoms with E-state index in [0.717, 1.165) is 25.3 Å². The summed E-state index contributed by atoms with van der Waals surface area (Å²) in [5.41, 5.74) is 8.94. The maximum absolute atomic E-state index is 6.15. The molecule has 0 saturated carbocycles. The lowest BCUT2D eigenvalue weighted by molar-refractivity contribution is 0.453. The molecule has 0 aliphatic heterocycles. The van der Waals surface area contributed by atoms with Gasteiger partial charge in [0, 0.05) is 18.8 Å². The molecule has 1 heterocycles. The predicted octanol–water partition coefficient (Wildman–Crippen LogP) is 4.36. The zero-order valence-electron chi connectivity index (χ0n) is 13.1. The van der Waals surface area contributed by atoms with Crippen LogP contribution in [-0.2, 0) is 13.0 Å². The van der Waals surface area contributed by atoms with Gasteiger partial charge >= 0.3 is 0 Å². The van der Waals surface area contributed by atoms with Crippen LogP contribution in [0, 0.1) is 5.92 Å². The molecule has 0 aliphatic carbocycles. The number of hydrogen-bond donors (Lipinski definition) is 1. The van der Waals surface area contributed by atoms with Crippen molar-refractivity contribution in [3.05, 3.63) is 36.0 Å². The topological polar surface area (TPSA) is 30.9 Å². The van der Waals surface area contributed by atoms with Gasteiger partial charge in [-0.15, -0.1) is 0 Å². The van der Waals surface area contributed by atoms with E-state index < -0.39 is 0 Å². The fraction of sp³-hybridized carbons (Fsp3) is 0.556. The van der Waals surface area contributed by atoms with E-state index in [-0.39, 0.29) is 6.04 Å². The van der Waals surface area contributed by atoms with Gasteiger partial charge in [-0.1, -0.05) is 45.4 Å². The van der Waals surface area contributed by atoms with Gasteiger partial charge in [0.1, 0.15) is 0 Å². The third-order valence-electron chi connectivity index (χ3n) is 4.17. The lowest BCUT2D eigenvalue weighted by Gasteiger charge is -2.16. The Labute approximate surface area is 123 Å². The van der Waals surface area contributed by atoms with E-state index >= 15 is 0 Å². The van der Waals surface area contributed by atoms with Crippen LogP contribution in [0.3, 0.4) is 0 Å². The Bertz CT molecular complexity index is 541. The number of para-hydroxylation sites is 1. The quantitative estimate of drug-likeness (QED) is 0.798. The van der Waals surface area contributed by atoms with Gasteiger partial charge in [0.15, 0.2) is 0 Å². The molecule has 0 saturated heterocycles. The third kappa shape index (κ3) is 3.43. The van der Waals surface area contributed by atoms with Crippen molar-refractivity contribution in [3.8, 4) is 0 Å². The molecule has 1 aromatic carbocycles. The van der Waals surface area contributed by atoms with Crippen molar-refractivity contribution in [1.82, 2.24) is 4.57 Å². The number of benzene rings is 1. The van der Waals surface area contributed by atoms with Crippen molar-refractivity contribution in [1.29, 1.82) is 0 Å². The molecule has 2 rings (SSSR count). The molecule has 20 heavy (non-hydrogen) atoms. The molecule has 2 heteroatoms. The van der Waals surface area contributed by atoms with E-state index in [9.17, 15) is 0 Å². The second-order valence-corrected chi connectivity index (χ2v) is 6.09. The maximum Gasteiger partial charge on any atom is 0.0513 e. The first kappa shape index (κ1) is 15.1. The van der Waals surface area contributed by atoms with Gasteiger partial charge in [0.25, 0.3) is 0 Å². The lowest BCUT2D eigenvalue weighted by atomic mass is 10.0. The van der Waals surface area contributed by atoms with Crippen LogP contribution >= 0.6 is 0 Å². The summed E-state index contributed by atoms with van der Waals surface area (Å²) in [6, 6.07) is 9.09. The first-order valence-corrected chi connectivity index (χ1v) is 7.98. The van der Waals surface area contributed by atoms with Gasteiger partial charge in [-0.25, -0.2) is 0 Å². The summed E-state index contributed by atoms with van der Waals surface area (Å²) in [4.78, 5) is 0. The Morgan fingerprint density at radius 3 is 2.70 bits per heavy atom. The standard InChI is InChI=1S/C18H28N2/c1-4-7-14(3)13-20-11-10-15-8-6-9-16(18(15)20)12-17(19)5-2/h6,8-11,14,17H,4-5,7,12-13,19H2,1-3H3. The van der Waals surface area contributed by atoms with E-state index in [1.54, 1.807) is 0 Å². The normalized spacial score (nSPS) is 14.6. The Morgan fingerprint density at radius 2 is 2.00 bits per heavy atom. The summed E-state index contributed by atoms with van der Waals surface area (Å²) >= 11 is 0. The Balaban J connectivity index is 2.31. The molecule has 2 aromatic rings. The summed E-state index contributed by atoms with van der Waals surface area (Å²) in [5.74, 6) is 0.725. The number of rotatable bonds is 7. The number of nitrogens with two attached hydrogens (primary N) is 1. The van der Waals surface area contributed by atoms with Crippen LogP contribution in [0.4, 0.5) is 0 Å². The molecule has 2 unspecified atom stereocenters. The minimum atomic E-state index is 0.261. The highest BCUT2D eigenvalue weighted by Gasteiger charge is 2.11. The van der Waals surface area contributed by atoms with Crippen molar-refractivity contribution in [2.75, 3.05) is 0 Å². The summed E-state index contributed by atoms with van der Waals surface area (Å²) in [7, 11) is 0. The Morgan fingerprint density at radius 1 is 1.20 bits per heavy atom. The minimum absolute atomic E-state index is 0.261. The number of aromatic nitrogens is 1. The van der Waals surface area contributed by atoms with Crippen LogP contribution in [0.1, 0.15) is 45.6 Å². The largest absolute Gasteiger partial charge is 0.347 e. The molecule has 0 spiro atoms. The molecule has 2 nitrogen and oxygen atoms in total. The van der Waals surface area contributed by atoms with Crippen molar-refractivity contribution < 1.29 is 0 Å². The van der Waals surface area contributed by atoms with E-state index in [0.29, 0.717) is 0 Å². The number of hydrogen-bond acceptors (Lipinski definition) is 1. The maximum atomic E-state index is 6.15. The van der Waals surface area contributed by atoms with Crippen molar-refractivity contribution in [3.63, 3.8) is 0 Å². The monoisotopic (exact) mass is 272 g/mol. The highest BCUT2D eigenvalue weighted by molar-refractivity contribution is 5.83. The zero-order valence-corrected chi connectivity index (χ0v) is 13.1. The zero-order chi connectivity index (χ0) is 14.5. The molecule has 110 valence electrons. The van der Waals surface area contributed by atoms with Gasteiger partial charge in [0.2, 0.25) is 0 Å². The molecule has 1 aromatic heterocycles. The van der Waals surface area contributed by atoms with Crippen LogP contribution in [-0.4, -0.2) is 10.6 Å². The second-order valence-electron chi connectivity index (χ2n) is 6.09. The Kier molecular flexibility index (Phi) is 5.24. The van der Waals surface area contributed by atoms with Gasteiger partial charge in [-0.05, 0) is 42.2 Å². The number of fused-ring (bicyclic) bond motifs is 1. The molecule has 2 N–H and O–H groups in total. The molecular formula is C18H28N2. The van der Waals surface area contributed by atoms with E-state index in [4.69, 9.17) is 5.73 Å². The lowest BCUT2D eigenvalue weighted by Crippen LogP contribution is -2.21. The highest BCUT2D eigenvalue weighted by Crippen LogP contribution is 2.23. The molecule has 0 aliphatic rings. The van der Waals surface area contributed by atoms with Crippen LogP contribution in [0.2, 0.25) is 0 Å². The molecule has 0 bridgehead atoms. The van der Waals surface area contributed by atoms with Crippen molar-refractivity contribution in [2.45, 2.75) is 59.0 Å². The van der Waals surface area contributed by atoms with Gasteiger partial charge in [0.05, 0.1) is 5.52 Å². The Hall–Kier alpha value is -1.28. The molecule has 2 atom stereocenters. The fourth-order valence-electron chi connectivity index (χ4n) is 3.00. The van der Waals surface area contributed by atoms with E-state index in [2.05, 4.69) is 55.8 Å². The first-order valence-electron chi connectivity index (χ1n) is 7.98. The fourth-order valence-corrected chi connectivity index (χ4v) is 3.00. The SMILES string of the molecule is CCCC(C)Cn1ccc2cccc(CC(N)CC)c21. The van der Waals surface area contributed by atoms with Crippen molar-refractivity contribution >= 4 is 10.9 Å². The third-order valence-corrected chi connectivity index (χ3v) is 4.17. The average Bonchev–Trinajstić information content (AvgIpc) is 2.83. The van der Waals surface area contributed by atoms with Crippen LogP contribution in [0.5, 0.6) is 0 Å². The van der Waals surface area contributed by atoms with Gasteiger partial charge in [-0.3, -0.25) is 0 Å². The van der Waals surface area contributed by atoms with Gasteiger partial charge < -0.3 is 10.3 Å². The molecule has 0 amide bonds. The summed E-state index contributed by atoms with van der Waals surface area (Å²) in [6.07, 6.45) is 6.78. The van der Waals surface area contributed by atoms with Crippen LogP contribution < -0.4 is 5.73 Å². The summed E-state index contributed by atoms with van der Waals surface area (Å²) < 4.78 is 2.42. The first-order chi connectivity index (χ1) is 9.65. The number of nitrogens with zero attached hydrogens (tertiary/aromatic N) is 1. The van der Waals surface area contributed by atoms with E-state index in [1.165, 1.54) is 29.3 Å². The van der Waals surface area contributed by atoms with Crippen molar-refractivity contribution in [2.24, 2.45) is 11.7 Å².